The van der Waals surface area contributed by atoms with Crippen LogP contribution in [0.3, 0.4) is 0 Å². The van der Waals surface area contributed by atoms with E-state index < -0.39 is 0 Å². The van der Waals surface area contributed by atoms with Crippen molar-refractivity contribution in [3.63, 3.8) is 0 Å². The van der Waals surface area contributed by atoms with Gasteiger partial charge in [-0.05, 0) is 0 Å². The van der Waals surface area contributed by atoms with Gasteiger partial charge in [-0.25, -0.2) is 9.97 Å². The van der Waals surface area contributed by atoms with Gasteiger partial charge in [-0.2, -0.15) is 0 Å². The monoisotopic (exact) mass is 176 g/mol. The number of hydrogen-bond donors (Lipinski definition) is 1. The van der Waals surface area contributed by atoms with Gasteiger partial charge in [-0.1, -0.05) is 0 Å². The predicted molar refractivity (Wildman–Crippen MR) is 46.4 cm³/mol. The molecule has 0 unspecified atom stereocenters. The Kier molecular flexibility index (Phi) is 1.79. The van der Waals surface area contributed by atoms with Gasteiger partial charge in [0.2, 0.25) is 0 Å². The van der Waals surface area contributed by atoms with Crippen molar-refractivity contribution in [2.45, 2.75) is 0 Å². The quantitative estimate of drug-likeness (QED) is 0.647. The Morgan fingerprint density at radius 3 is 2.77 bits per heavy atom. The average Bonchev–Trinajstić information content (AvgIpc) is 2.63. The molecule has 0 aliphatic rings. The highest BCUT2D eigenvalue weighted by atomic mass is 16.1. The summed E-state index contributed by atoms with van der Waals surface area (Å²) in [5, 5.41) is 0. The van der Waals surface area contributed by atoms with E-state index in [1.807, 2.05) is 0 Å². The lowest BCUT2D eigenvalue weighted by Crippen LogP contribution is -2.16. The van der Waals surface area contributed by atoms with Crippen LogP contribution in [-0.4, -0.2) is 26.7 Å². The fourth-order valence-electron chi connectivity index (χ4n) is 1.15. The molecular weight excluding hydrogens is 168 g/mol. The Morgan fingerprint density at radius 1 is 1.38 bits per heavy atom. The van der Waals surface area contributed by atoms with Crippen LogP contribution < -0.4 is 5.73 Å². The van der Waals surface area contributed by atoms with Gasteiger partial charge in [-0.15, -0.1) is 0 Å². The van der Waals surface area contributed by atoms with Crippen LogP contribution in [-0.2, 0) is 0 Å². The van der Waals surface area contributed by atoms with Crippen molar-refractivity contribution in [2.24, 2.45) is 5.73 Å². The summed E-state index contributed by atoms with van der Waals surface area (Å²) in [7, 11) is 0. The SMILES string of the molecule is NCC(=O)c1nccn2ccnc12. The third-order valence-electron chi connectivity index (χ3n) is 1.76. The second-order valence-electron chi connectivity index (χ2n) is 2.56. The zero-order valence-corrected chi connectivity index (χ0v) is 6.84. The van der Waals surface area contributed by atoms with E-state index in [9.17, 15) is 4.79 Å². The molecule has 0 saturated heterocycles. The van der Waals surface area contributed by atoms with Crippen LogP contribution in [0.25, 0.3) is 5.65 Å². The number of hydrogen-bond acceptors (Lipinski definition) is 4. The first-order valence-corrected chi connectivity index (χ1v) is 3.84. The van der Waals surface area contributed by atoms with Gasteiger partial charge in [0.05, 0.1) is 6.54 Å². The number of Topliss-reactive ketones (excluding diaryl/α,β-unsaturated/α-hetero) is 1. The second kappa shape index (κ2) is 2.95. The maximum absolute atomic E-state index is 11.3. The van der Waals surface area contributed by atoms with Gasteiger partial charge < -0.3 is 10.1 Å². The first-order chi connectivity index (χ1) is 6.33. The largest absolute Gasteiger partial charge is 0.324 e. The summed E-state index contributed by atoms with van der Waals surface area (Å²) >= 11 is 0. The van der Waals surface area contributed by atoms with E-state index in [-0.39, 0.29) is 12.3 Å². The summed E-state index contributed by atoms with van der Waals surface area (Å²) in [6.07, 6.45) is 6.65. The zero-order valence-electron chi connectivity index (χ0n) is 6.84. The topological polar surface area (TPSA) is 73.3 Å². The number of ketones is 1. The molecule has 2 aromatic heterocycles. The van der Waals surface area contributed by atoms with Gasteiger partial charge in [0, 0.05) is 24.8 Å². The van der Waals surface area contributed by atoms with Crippen LogP contribution in [0.1, 0.15) is 10.5 Å². The van der Waals surface area contributed by atoms with Gasteiger partial charge in [0.1, 0.15) is 0 Å². The molecule has 2 rings (SSSR count). The molecule has 5 nitrogen and oxygen atoms in total. The van der Waals surface area contributed by atoms with E-state index in [1.54, 1.807) is 29.2 Å². The third-order valence-corrected chi connectivity index (χ3v) is 1.76. The van der Waals surface area contributed by atoms with E-state index in [0.717, 1.165) is 0 Å². The molecule has 0 fully saturated rings. The molecule has 2 heterocycles. The summed E-state index contributed by atoms with van der Waals surface area (Å²) in [5.41, 5.74) is 6.12. The molecule has 0 aliphatic heterocycles. The minimum absolute atomic E-state index is 0.0421. The van der Waals surface area contributed by atoms with E-state index in [2.05, 4.69) is 9.97 Å². The highest BCUT2D eigenvalue weighted by Gasteiger charge is 2.10. The molecule has 2 N–H and O–H groups in total. The first-order valence-electron chi connectivity index (χ1n) is 3.84. The summed E-state index contributed by atoms with van der Waals surface area (Å²) in [5.74, 6) is -0.197. The zero-order chi connectivity index (χ0) is 9.26. The molecule has 0 spiro atoms. The predicted octanol–water partition coefficient (Wildman–Crippen LogP) is -0.129. The maximum Gasteiger partial charge on any atom is 0.198 e. The highest BCUT2D eigenvalue weighted by molar-refractivity contribution is 6.00. The lowest BCUT2D eigenvalue weighted by atomic mass is 10.3. The molecule has 0 saturated carbocycles. The normalized spacial score (nSPS) is 10.5. The number of carbonyl (C=O) groups excluding carboxylic acids is 1. The number of rotatable bonds is 2. The Labute approximate surface area is 74.2 Å². The first kappa shape index (κ1) is 7.88. The van der Waals surface area contributed by atoms with Crippen molar-refractivity contribution in [1.29, 1.82) is 0 Å². The molecule has 0 radical (unpaired) electrons. The molecule has 0 atom stereocenters. The van der Waals surface area contributed by atoms with Gasteiger partial charge in [-0.3, -0.25) is 4.79 Å². The smallest absolute Gasteiger partial charge is 0.198 e. The van der Waals surface area contributed by atoms with E-state index >= 15 is 0 Å². The van der Waals surface area contributed by atoms with Crippen molar-refractivity contribution < 1.29 is 4.79 Å². The van der Waals surface area contributed by atoms with Crippen LogP contribution in [0, 0.1) is 0 Å². The number of nitrogens with zero attached hydrogens (tertiary/aromatic N) is 3. The molecule has 0 amide bonds. The van der Waals surface area contributed by atoms with Crippen LogP contribution in [0.5, 0.6) is 0 Å². The molecule has 13 heavy (non-hydrogen) atoms. The average molecular weight is 176 g/mol. The molecule has 2 aromatic rings. The molecule has 0 aromatic carbocycles. The van der Waals surface area contributed by atoms with Gasteiger partial charge in [0.15, 0.2) is 17.1 Å². The van der Waals surface area contributed by atoms with Crippen LogP contribution in [0.2, 0.25) is 0 Å². The van der Waals surface area contributed by atoms with Crippen molar-refractivity contribution >= 4 is 11.4 Å². The van der Waals surface area contributed by atoms with E-state index in [4.69, 9.17) is 5.73 Å². The summed E-state index contributed by atoms with van der Waals surface area (Å²) in [6.45, 7) is -0.0421. The Hall–Kier alpha value is -1.75. The van der Waals surface area contributed by atoms with Crippen molar-refractivity contribution in [3.8, 4) is 0 Å². The Morgan fingerprint density at radius 2 is 2.08 bits per heavy atom. The fraction of sp³-hybridized carbons (Fsp3) is 0.125. The van der Waals surface area contributed by atoms with E-state index in [1.165, 1.54) is 0 Å². The van der Waals surface area contributed by atoms with Crippen LogP contribution in [0.15, 0.2) is 24.8 Å². The summed E-state index contributed by atoms with van der Waals surface area (Å²) in [4.78, 5) is 19.2. The fourth-order valence-corrected chi connectivity index (χ4v) is 1.15. The highest BCUT2D eigenvalue weighted by Crippen LogP contribution is 2.04. The minimum atomic E-state index is -0.197. The molecule has 0 aliphatic carbocycles. The lowest BCUT2D eigenvalue weighted by Gasteiger charge is -1.98. The van der Waals surface area contributed by atoms with Gasteiger partial charge in [0.25, 0.3) is 0 Å². The second-order valence-corrected chi connectivity index (χ2v) is 2.56. The van der Waals surface area contributed by atoms with Crippen LogP contribution in [0.4, 0.5) is 0 Å². The van der Waals surface area contributed by atoms with Crippen molar-refractivity contribution in [1.82, 2.24) is 14.4 Å². The third kappa shape index (κ3) is 1.19. The van der Waals surface area contributed by atoms with Crippen molar-refractivity contribution in [3.05, 3.63) is 30.5 Å². The van der Waals surface area contributed by atoms with Crippen molar-refractivity contribution in [2.75, 3.05) is 6.54 Å². The summed E-state index contributed by atoms with van der Waals surface area (Å²) in [6, 6.07) is 0. The number of nitrogens with two attached hydrogens (primary N) is 1. The number of fused-ring (bicyclic) bond motifs is 1. The molecule has 66 valence electrons. The minimum Gasteiger partial charge on any atom is -0.324 e. The molecule has 5 heteroatoms. The number of carbonyl (C=O) groups is 1. The lowest BCUT2D eigenvalue weighted by molar-refractivity contribution is 0.0998. The summed E-state index contributed by atoms with van der Waals surface area (Å²) < 4.78 is 1.73. The van der Waals surface area contributed by atoms with Gasteiger partial charge >= 0.3 is 0 Å². The van der Waals surface area contributed by atoms with Crippen LogP contribution >= 0.6 is 0 Å². The van der Waals surface area contributed by atoms with E-state index in [0.29, 0.717) is 11.3 Å². The molecule has 0 bridgehead atoms. The number of aromatic nitrogens is 3. The Bertz CT molecular complexity index is 448. The standard InChI is InChI=1S/C8H8N4O/c9-5-6(13)7-8-11-2-4-12(8)3-1-10-7/h1-4H,5,9H2. The number of imidazole rings is 1. The Balaban J connectivity index is 2.67. The molecular formula is C8H8N4O. The maximum atomic E-state index is 11.3.